The fraction of sp³-hybridized carbons (Fsp3) is 0.174. The Hall–Kier alpha value is -2.81. The molecule has 0 unspecified atom stereocenters. The Kier molecular flexibility index (Phi) is 7.14. The zero-order valence-corrected chi connectivity index (χ0v) is 19.6. The van der Waals surface area contributed by atoms with E-state index < -0.39 is 0 Å². The van der Waals surface area contributed by atoms with Gasteiger partial charge in [-0.2, -0.15) is 0 Å². The maximum Gasteiger partial charge on any atom is 0.276 e. The van der Waals surface area contributed by atoms with Crippen molar-refractivity contribution in [2.75, 3.05) is 19.4 Å². The molecule has 4 rings (SSSR count). The molecule has 1 amide bonds. The molecule has 0 aliphatic heterocycles. The first-order chi connectivity index (χ1) is 15.5. The molecule has 4 aromatic rings. The second-order valence-electron chi connectivity index (χ2n) is 6.88. The molecule has 0 saturated heterocycles. The standard InChI is InChI=1S/C23H20ClN3O3S2/c1-30-18-8-6-17(7-9-18)27-22(29)21-19(11-13-31-21)26-23(27)32-14-20(28)25-12-10-15-2-4-16(24)5-3-15/h2-9,11,13H,10,12,14H2,1H3,(H,25,28). The minimum atomic E-state index is -0.152. The molecular formula is C23H20ClN3O3S2. The predicted molar refractivity (Wildman–Crippen MR) is 131 cm³/mol. The molecule has 0 aliphatic carbocycles. The van der Waals surface area contributed by atoms with Gasteiger partial charge < -0.3 is 10.1 Å². The van der Waals surface area contributed by atoms with Crippen molar-refractivity contribution in [1.29, 1.82) is 0 Å². The van der Waals surface area contributed by atoms with Gasteiger partial charge in [0.2, 0.25) is 5.91 Å². The van der Waals surface area contributed by atoms with Gasteiger partial charge in [0.05, 0.1) is 24.1 Å². The molecule has 6 nitrogen and oxygen atoms in total. The Balaban J connectivity index is 1.48. The number of amides is 1. The molecule has 0 atom stereocenters. The van der Waals surface area contributed by atoms with E-state index in [1.165, 1.54) is 23.1 Å². The lowest BCUT2D eigenvalue weighted by molar-refractivity contribution is -0.118. The normalized spacial score (nSPS) is 10.9. The second-order valence-corrected chi connectivity index (χ2v) is 9.18. The van der Waals surface area contributed by atoms with E-state index in [2.05, 4.69) is 10.3 Å². The van der Waals surface area contributed by atoms with Crippen LogP contribution in [0.4, 0.5) is 0 Å². The van der Waals surface area contributed by atoms with E-state index in [9.17, 15) is 9.59 Å². The summed E-state index contributed by atoms with van der Waals surface area (Å²) in [6, 6.07) is 16.5. The van der Waals surface area contributed by atoms with Gasteiger partial charge in [-0.05, 0) is 59.8 Å². The average Bonchev–Trinajstić information content (AvgIpc) is 3.28. The summed E-state index contributed by atoms with van der Waals surface area (Å²) in [6.07, 6.45) is 0.712. The number of aromatic nitrogens is 2. The highest BCUT2D eigenvalue weighted by Crippen LogP contribution is 2.24. The number of nitrogens with one attached hydrogen (secondary N) is 1. The lowest BCUT2D eigenvalue weighted by atomic mass is 10.1. The number of benzene rings is 2. The number of nitrogens with zero attached hydrogens (tertiary/aromatic N) is 2. The van der Waals surface area contributed by atoms with Crippen molar-refractivity contribution >= 4 is 50.8 Å². The summed E-state index contributed by atoms with van der Waals surface area (Å²) in [5.74, 6) is 0.727. The van der Waals surface area contributed by atoms with Crippen LogP contribution in [-0.2, 0) is 11.2 Å². The molecule has 0 radical (unpaired) electrons. The Morgan fingerprint density at radius 2 is 1.91 bits per heavy atom. The fourth-order valence-electron chi connectivity index (χ4n) is 3.13. The lowest BCUT2D eigenvalue weighted by Gasteiger charge is -2.12. The highest BCUT2D eigenvalue weighted by molar-refractivity contribution is 7.99. The Bertz CT molecular complexity index is 1280. The zero-order chi connectivity index (χ0) is 22.5. The number of hydrogen-bond donors (Lipinski definition) is 1. The molecule has 0 fully saturated rings. The number of carbonyl (C=O) groups excluding carboxylic acids is 1. The van der Waals surface area contributed by atoms with E-state index >= 15 is 0 Å². The van der Waals surface area contributed by atoms with E-state index in [-0.39, 0.29) is 17.2 Å². The number of carbonyl (C=O) groups is 1. The van der Waals surface area contributed by atoms with Crippen LogP contribution < -0.4 is 15.6 Å². The van der Waals surface area contributed by atoms with Crippen LogP contribution in [0.5, 0.6) is 5.75 Å². The van der Waals surface area contributed by atoms with Gasteiger partial charge in [0.15, 0.2) is 5.16 Å². The van der Waals surface area contributed by atoms with Crippen LogP contribution in [0.3, 0.4) is 0 Å². The summed E-state index contributed by atoms with van der Waals surface area (Å²) in [5.41, 5.74) is 2.25. The third-order valence-electron chi connectivity index (χ3n) is 4.76. The smallest absolute Gasteiger partial charge is 0.276 e. The monoisotopic (exact) mass is 485 g/mol. The number of fused-ring (bicyclic) bond motifs is 1. The van der Waals surface area contributed by atoms with Crippen molar-refractivity contribution in [3.8, 4) is 11.4 Å². The highest BCUT2D eigenvalue weighted by Gasteiger charge is 2.16. The first kappa shape index (κ1) is 22.4. The molecule has 2 aromatic heterocycles. The molecule has 0 spiro atoms. The van der Waals surface area contributed by atoms with Crippen LogP contribution in [0.1, 0.15) is 5.56 Å². The topological polar surface area (TPSA) is 73.2 Å². The van der Waals surface area contributed by atoms with E-state index in [0.717, 1.165) is 5.56 Å². The van der Waals surface area contributed by atoms with Crippen molar-refractivity contribution in [3.05, 3.63) is 80.9 Å². The number of hydrogen-bond acceptors (Lipinski definition) is 6. The molecule has 0 bridgehead atoms. The van der Waals surface area contributed by atoms with Crippen LogP contribution in [-0.4, -0.2) is 34.9 Å². The van der Waals surface area contributed by atoms with Gasteiger partial charge in [-0.25, -0.2) is 4.98 Å². The van der Waals surface area contributed by atoms with Crippen LogP contribution in [0.15, 0.2) is 69.9 Å². The van der Waals surface area contributed by atoms with Gasteiger partial charge in [-0.15, -0.1) is 11.3 Å². The van der Waals surface area contributed by atoms with Gasteiger partial charge in [0, 0.05) is 11.6 Å². The average molecular weight is 486 g/mol. The lowest BCUT2D eigenvalue weighted by Crippen LogP contribution is -2.28. The van der Waals surface area contributed by atoms with E-state index in [0.29, 0.717) is 44.8 Å². The number of methoxy groups -OCH3 is 1. The van der Waals surface area contributed by atoms with Crippen LogP contribution >= 0.6 is 34.7 Å². The maximum atomic E-state index is 13.1. The van der Waals surface area contributed by atoms with Crippen molar-refractivity contribution in [2.24, 2.45) is 0 Å². The summed E-state index contributed by atoms with van der Waals surface area (Å²) in [4.78, 5) is 30.2. The number of rotatable bonds is 8. The van der Waals surface area contributed by atoms with Gasteiger partial charge in [-0.3, -0.25) is 14.2 Å². The highest BCUT2D eigenvalue weighted by atomic mass is 35.5. The minimum Gasteiger partial charge on any atom is -0.497 e. The second kappa shape index (κ2) is 10.2. The Morgan fingerprint density at radius 1 is 1.16 bits per heavy atom. The molecule has 9 heteroatoms. The fourth-order valence-corrected chi connectivity index (χ4v) is 4.85. The van der Waals surface area contributed by atoms with Gasteiger partial charge in [0.1, 0.15) is 10.4 Å². The van der Waals surface area contributed by atoms with Gasteiger partial charge in [-0.1, -0.05) is 35.5 Å². The molecular weight excluding hydrogens is 466 g/mol. The third kappa shape index (κ3) is 5.15. The molecule has 0 aliphatic rings. The largest absolute Gasteiger partial charge is 0.497 e. The number of thioether (sulfide) groups is 1. The first-order valence-electron chi connectivity index (χ1n) is 9.84. The van der Waals surface area contributed by atoms with Crippen LogP contribution in [0.2, 0.25) is 5.02 Å². The summed E-state index contributed by atoms with van der Waals surface area (Å²) in [5, 5.41) is 5.92. The Labute approximate surface area is 198 Å². The first-order valence-corrected chi connectivity index (χ1v) is 12.1. The van der Waals surface area contributed by atoms with Crippen LogP contribution in [0.25, 0.3) is 15.9 Å². The van der Waals surface area contributed by atoms with E-state index in [4.69, 9.17) is 16.3 Å². The summed E-state index contributed by atoms with van der Waals surface area (Å²) in [6.45, 7) is 0.517. The van der Waals surface area contributed by atoms with E-state index in [1.54, 1.807) is 35.9 Å². The molecule has 2 heterocycles. The molecule has 32 heavy (non-hydrogen) atoms. The molecule has 0 saturated carbocycles. The summed E-state index contributed by atoms with van der Waals surface area (Å²) in [7, 11) is 1.59. The molecule has 2 aromatic carbocycles. The van der Waals surface area contributed by atoms with Crippen LogP contribution in [0, 0.1) is 0 Å². The zero-order valence-electron chi connectivity index (χ0n) is 17.2. The summed E-state index contributed by atoms with van der Waals surface area (Å²) < 4.78 is 7.34. The number of halogens is 1. The SMILES string of the molecule is COc1ccc(-n2c(SCC(=O)NCCc3ccc(Cl)cc3)nc3ccsc3c2=O)cc1. The van der Waals surface area contributed by atoms with Crippen molar-refractivity contribution < 1.29 is 9.53 Å². The maximum absolute atomic E-state index is 13.1. The minimum absolute atomic E-state index is 0.120. The van der Waals surface area contributed by atoms with E-state index in [1.807, 2.05) is 35.7 Å². The number of ether oxygens (including phenoxy) is 1. The third-order valence-corrected chi connectivity index (χ3v) is 6.84. The quantitative estimate of drug-likeness (QED) is 0.292. The predicted octanol–water partition coefficient (Wildman–Crippen LogP) is 4.56. The molecule has 1 N–H and O–H groups in total. The van der Waals surface area contributed by atoms with Crippen molar-refractivity contribution in [2.45, 2.75) is 11.6 Å². The van der Waals surface area contributed by atoms with Crippen molar-refractivity contribution in [3.63, 3.8) is 0 Å². The Morgan fingerprint density at radius 3 is 2.62 bits per heavy atom. The van der Waals surface area contributed by atoms with Gasteiger partial charge in [0.25, 0.3) is 5.56 Å². The van der Waals surface area contributed by atoms with Crippen molar-refractivity contribution in [1.82, 2.24) is 14.9 Å². The summed E-state index contributed by atoms with van der Waals surface area (Å²) >= 11 is 8.49. The molecule has 164 valence electrons. The number of thiophene rings is 1. The van der Waals surface area contributed by atoms with Gasteiger partial charge >= 0.3 is 0 Å².